The van der Waals surface area contributed by atoms with Gasteiger partial charge in [0, 0.05) is 17.4 Å². The van der Waals surface area contributed by atoms with Crippen molar-refractivity contribution in [3.63, 3.8) is 0 Å². The van der Waals surface area contributed by atoms with Gasteiger partial charge in [0.1, 0.15) is 6.10 Å². The third kappa shape index (κ3) is 2.73. The summed E-state index contributed by atoms with van der Waals surface area (Å²) in [5.41, 5.74) is 4.69. The Hall–Kier alpha value is -1.76. The predicted molar refractivity (Wildman–Crippen MR) is 132 cm³/mol. The minimum Gasteiger partial charge on any atom is -0.392 e. The number of fused-ring (bicyclic) bond motifs is 1. The second kappa shape index (κ2) is 7.37. The van der Waals surface area contributed by atoms with Crippen LogP contribution in [-0.2, 0) is 11.3 Å². The molecule has 2 heterocycles. The van der Waals surface area contributed by atoms with E-state index in [1.54, 1.807) is 0 Å². The fourth-order valence-electron chi connectivity index (χ4n) is 8.05. The Morgan fingerprint density at radius 1 is 1.12 bits per heavy atom. The number of likely N-dealkylation sites (N-methyl/N-ethyl adjacent to an activating group) is 1. The smallest absolute Gasteiger partial charge is 0.105 e. The second-order valence-electron chi connectivity index (χ2n) is 11.7. The molecule has 1 saturated heterocycles. The monoisotopic (exact) mass is 463 g/mol. The standard InChI is InChI=1S/C29H37NO4/c1-17-13-20-14-22-25(32)26(33)23(30(3)4)15-28(22)11-12-29(20,34-28)24-10-9-21(27(17,24)2)19-7-5-18(16-31)6-8-19/h5-9,13-14,17,23-26,31-33H,10-12,15-16H2,1-4H3/t17?,23-,24?,25+,26+,27+,28+,29+/m0/s1. The van der Waals surface area contributed by atoms with Crippen LogP contribution in [0, 0.1) is 17.3 Å². The minimum absolute atomic E-state index is 0.0594. The first kappa shape index (κ1) is 22.7. The summed E-state index contributed by atoms with van der Waals surface area (Å²) in [6.45, 7) is 4.76. The summed E-state index contributed by atoms with van der Waals surface area (Å²) < 4.78 is 7.23. The lowest BCUT2D eigenvalue weighted by molar-refractivity contribution is -0.165. The van der Waals surface area contributed by atoms with Crippen LogP contribution >= 0.6 is 0 Å². The number of rotatable bonds is 3. The lowest BCUT2D eigenvalue weighted by Crippen LogP contribution is -2.62. The van der Waals surface area contributed by atoms with E-state index in [1.807, 2.05) is 31.1 Å². The Balaban J connectivity index is 1.43. The van der Waals surface area contributed by atoms with Crippen LogP contribution in [0.25, 0.3) is 5.57 Å². The second-order valence-corrected chi connectivity index (χ2v) is 11.7. The molecule has 8 atom stereocenters. The van der Waals surface area contributed by atoms with Gasteiger partial charge in [0.05, 0.1) is 23.9 Å². The summed E-state index contributed by atoms with van der Waals surface area (Å²) >= 11 is 0. The summed E-state index contributed by atoms with van der Waals surface area (Å²) in [5.74, 6) is 0.625. The molecule has 2 unspecified atom stereocenters. The van der Waals surface area contributed by atoms with Crippen molar-refractivity contribution in [1.29, 1.82) is 0 Å². The van der Waals surface area contributed by atoms with Gasteiger partial charge in [0.25, 0.3) is 0 Å². The maximum atomic E-state index is 11.2. The van der Waals surface area contributed by atoms with Crippen LogP contribution in [0.5, 0.6) is 0 Å². The highest BCUT2D eigenvalue weighted by atomic mass is 16.5. The fourth-order valence-corrected chi connectivity index (χ4v) is 8.05. The molecule has 2 fully saturated rings. The molecule has 6 rings (SSSR count). The molecule has 34 heavy (non-hydrogen) atoms. The van der Waals surface area contributed by atoms with Crippen LogP contribution in [-0.4, -0.2) is 63.8 Å². The first-order chi connectivity index (χ1) is 16.2. The number of hydrogen-bond donors (Lipinski definition) is 3. The maximum absolute atomic E-state index is 11.2. The molecular weight excluding hydrogens is 426 g/mol. The van der Waals surface area contributed by atoms with Crippen molar-refractivity contribution in [3.05, 3.63) is 64.8 Å². The number of benzene rings is 1. The summed E-state index contributed by atoms with van der Waals surface area (Å²) in [6.07, 6.45) is 8.78. The number of aliphatic hydroxyl groups is 3. The van der Waals surface area contributed by atoms with Gasteiger partial charge in [-0.15, -0.1) is 0 Å². The van der Waals surface area contributed by atoms with Crippen molar-refractivity contribution in [2.24, 2.45) is 17.3 Å². The van der Waals surface area contributed by atoms with Crippen LogP contribution in [0.2, 0.25) is 0 Å². The molecular formula is C29H37NO4. The Morgan fingerprint density at radius 2 is 1.85 bits per heavy atom. The van der Waals surface area contributed by atoms with E-state index in [-0.39, 0.29) is 23.7 Å². The van der Waals surface area contributed by atoms with E-state index in [9.17, 15) is 15.3 Å². The molecule has 0 aromatic heterocycles. The average Bonchev–Trinajstić information content (AvgIpc) is 3.35. The fraction of sp³-hybridized carbons (Fsp3) is 0.586. The molecule has 2 bridgehead atoms. The van der Waals surface area contributed by atoms with Crippen molar-refractivity contribution < 1.29 is 20.1 Å². The Kier molecular flexibility index (Phi) is 4.92. The Labute approximate surface area is 202 Å². The Bertz CT molecular complexity index is 1100. The predicted octanol–water partition coefficient (Wildman–Crippen LogP) is 3.45. The molecule has 5 heteroatoms. The largest absolute Gasteiger partial charge is 0.392 e. The molecule has 5 aliphatic rings. The van der Waals surface area contributed by atoms with Gasteiger partial charge in [0.2, 0.25) is 0 Å². The zero-order valence-electron chi connectivity index (χ0n) is 20.7. The van der Waals surface area contributed by atoms with Crippen LogP contribution in [0.1, 0.15) is 50.7 Å². The highest BCUT2D eigenvalue weighted by Crippen LogP contribution is 2.68. The number of hydrogen-bond acceptors (Lipinski definition) is 5. The van der Waals surface area contributed by atoms with Crippen LogP contribution in [0.3, 0.4) is 0 Å². The zero-order valence-corrected chi connectivity index (χ0v) is 20.7. The third-order valence-electron chi connectivity index (χ3n) is 10.1. The SMILES string of the molecule is CC1C=C2C=C3[C@@H](O)[C@H](O)[C@@H](N(C)C)C[C@]34CC[C@]2(O4)C2CC=C(c3ccc(CO)cc3)[C@@]12C. The van der Waals surface area contributed by atoms with Gasteiger partial charge in [-0.3, -0.25) is 0 Å². The molecule has 5 nitrogen and oxygen atoms in total. The van der Waals surface area contributed by atoms with E-state index < -0.39 is 17.8 Å². The number of ether oxygens (including phenoxy) is 1. The molecule has 0 radical (unpaired) electrons. The van der Waals surface area contributed by atoms with Crippen LogP contribution in [0.4, 0.5) is 0 Å². The van der Waals surface area contributed by atoms with Crippen molar-refractivity contribution in [2.45, 2.75) is 75.6 Å². The van der Waals surface area contributed by atoms with Gasteiger partial charge in [0.15, 0.2) is 0 Å². The summed E-state index contributed by atoms with van der Waals surface area (Å²) in [7, 11) is 3.94. The van der Waals surface area contributed by atoms with Gasteiger partial charge in [-0.05, 0) is 73.5 Å². The van der Waals surface area contributed by atoms with Crippen molar-refractivity contribution in [3.8, 4) is 0 Å². The molecule has 182 valence electrons. The highest BCUT2D eigenvalue weighted by Gasteiger charge is 2.68. The zero-order chi connectivity index (χ0) is 24.0. The third-order valence-corrected chi connectivity index (χ3v) is 10.1. The maximum Gasteiger partial charge on any atom is 0.105 e. The van der Waals surface area contributed by atoms with E-state index in [0.29, 0.717) is 18.3 Å². The molecule has 0 amide bonds. The van der Waals surface area contributed by atoms with Gasteiger partial charge >= 0.3 is 0 Å². The molecule has 1 aromatic rings. The summed E-state index contributed by atoms with van der Waals surface area (Å²) in [5, 5.41) is 31.5. The molecule has 1 aromatic carbocycles. The van der Waals surface area contributed by atoms with E-state index in [2.05, 4.69) is 44.2 Å². The van der Waals surface area contributed by atoms with Gasteiger partial charge in [-0.25, -0.2) is 0 Å². The molecule has 2 spiro atoms. The van der Waals surface area contributed by atoms with Gasteiger partial charge in [-0.2, -0.15) is 0 Å². The van der Waals surface area contributed by atoms with Crippen LogP contribution in [0.15, 0.2) is 53.6 Å². The normalized spacial score (nSPS) is 44.7. The number of nitrogens with zero attached hydrogens (tertiary/aromatic N) is 1. The van der Waals surface area contributed by atoms with Crippen molar-refractivity contribution in [2.75, 3.05) is 14.1 Å². The quantitative estimate of drug-likeness (QED) is 0.640. The van der Waals surface area contributed by atoms with E-state index in [4.69, 9.17) is 4.74 Å². The first-order valence-corrected chi connectivity index (χ1v) is 12.7. The number of aliphatic hydroxyl groups excluding tert-OH is 3. The minimum atomic E-state index is -0.899. The molecule has 2 aliphatic heterocycles. The van der Waals surface area contributed by atoms with Crippen molar-refractivity contribution in [1.82, 2.24) is 4.90 Å². The van der Waals surface area contributed by atoms with E-state index in [0.717, 1.165) is 30.4 Å². The molecule has 3 N–H and O–H groups in total. The van der Waals surface area contributed by atoms with Gasteiger partial charge < -0.3 is 25.0 Å². The lowest BCUT2D eigenvalue weighted by atomic mass is 9.54. The molecule has 1 saturated carbocycles. The summed E-state index contributed by atoms with van der Waals surface area (Å²) in [4.78, 5) is 2.03. The van der Waals surface area contributed by atoms with Gasteiger partial charge in [-0.1, -0.05) is 56.3 Å². The van der Waals surface area contributed by atoms with E-state index >= 15 is 0 Å². The number of allylic oxidation sites excluding steroid dienone is 3. The first-order valence-electron chi connectivity index (χ1n) is 12.7. The van der Waals surface area contributed by atoms with Crippen molar-refractivity contribution >= 4 is 5.57 Å². The lowest BCUT2D eigenvalue weighted by Gasteiger charge is -2.57. The highest BCUT2D eigenvalue weighted by molar-refractivity contribution is 5.75. The van der Waals surface area contributed by atoms with Crippen LogP contribution < -0.4 is 0 Å². The molecule has 3 aliphatic carbocycles. The Morgan fingerprint density at radius 3 is 2.53 bits per heavy atom. The van der Waals surface area contributed by atoms with E-state index in [1.165, 1.54) is 16.7 Å². The summed E-state index contributed by atoms with van der Waals surface area (Å²) in [6, 6.07) is 8.19. The average molecular weight is 464 g/mol. The topological polar surface area (TPSA) is 73.2 Å².